The molecule has 0 aliphatic rings. The number of nitrogens with one attached hydrogen (secondary N) is 1. The third-order valence-electron chi connectivity index (χ3n) is 3.06. The zero-order valence-electron chi connectivity index (χ0n) is 11.6. The van der Waals surface area contributed by atoms with Crippen LogP contribution >= 0.6 is 0 Å². The molecule has 1 heterocycles. The third-order valence-corrected chi connectivity index (χ3v) is 3.06. The van der Waals surface area contributed by atoms with Crippen LogP contribution in [-0.4, -0.2) is 23.1 Å². The number of nitrogens with two attached hydrogens (primary N) is 1. The minimum Gasteiger partial charge on any atom is -0.320 e. The summed E-state index contributed by atoms with van der Waals surface area (Å²) in [5, 5.41) is 4.98. The zero-order valence-corrected chi connectivity index (χ0v) is 11.6. The fourth-order valence-corrected chi connectivity index (χ4v) is 1.77. The normalized spacial score (nSPS) is 13.0. The van der Waals surface area contributed by atoms with Crippen molar-refractivity contribution in [3.63, 3.8) is 0 Å². The van der Waals surface area contributed by atoms with E-state index in [9.17, 15) is 4.79 Å². The molecule has 0 aliphatic carbocycles. The Morgan fingerprint density at radius 2 is 2.10 bits per heavy atom. The van der Waals surface area contributed by atoms with Crippen LogP contribution in [0.1, 0.15) is 19.4 Å². The number of hydrazone groups is 1. The Morgan fingerprint density at radius 1 is 1.35 bits per heavy atom. The van der Waals surface area contributed by atoms with Gasteiger partial charge in [-0.15, -0.1) is 0 Å². The van der Waals surface area contributed by atoms with Crippen molar-refractivity contribution in [2.45, 2.75) is 19.9 Å². The Kier molecular flexibility index (Phi) is 4.42. The number of amides is 1. The first-order valence-electron chi connectivity index (χ1n) is 6.52. The number of carbonyl (C=O) groups is 1. The second kappa shape index (κ2) is 6.25. The predicted octanol–water partition coefficient (Wildman–Crippen LogP) is 1.67. The summed E-state index contributed by atoms with van der Waals surface area (Å²) in [6.45, 7) is 3.78. The van der Waals surface area contributed by atoms with Crippen LogP contribution in [-0.2, 0) is 4.79 Å². The minimum atomic E-state index is -0.558. The average Bonchev–Trinajstić information content (AvgIpc) is 2.46. The summed E-state index contributed by atoms with van der Waals surface area (Å²) in [6, 6.07) is 9.10. The highest BCUT2D eigenvalue weighted by atomic mass is 16.2. The monoisotopic (exact) mass is 270 g/mol. The molecule has 5 heteroatoms. The van der Waals surface area contributed by atoms with Crippen molar-refractivity contribution in [2.75, 3.05) is 0 Å². The molecular weight excluding hydrogens is 252 g/mol. The van der Waals surface area contributed by atoms with Crippen LogP contribution in [0.5, 0.6) is 0 Å². The molecule has 0 radical (unpaired) electrons. The second-order valence-corrected chi connectivity index (χ2v) is 4.93. The van der Waals surface area contributed by atoms with Crippen molar-refractivity contribution in [1.29, 1.82) is 0 Å². The Hall–Kier alpha value is -2.27. The van der Waals surface area contributed by atoms with Gasteiger partial charge in [-0.25, -0.2) is 5.43 Å². The highest BCUT2D eigenvalue weighted by molar-refractivity contribution is 5.97. The summed E-state index contributed by atoms with van der Waals surface area (Å²) < 4.78 is 0. The maximum absolute atomic E-state index is 11.7. The summed E-state index contributed by atoms with van der Waals surface area (Å²) in [5.74, 6) is -0.214. The first kappa shape index (κ1) is 14.1. The number of nitrogens with zero attached hydrogens (tertiary/aromatic N) is 2. The summed E-state index contributed by atoms with van der Waals surface area (Å²) in [5.41, 5.74) is 9.88. The van der Waals surface area contributed by atoms with Gasteiger partial charge in [-0.3, -0.25) is 9.78 Å². The van der Waals surface area contributed by atoms with E-state index in [1.54, 1.807) is 12.4 Å². The molecule has 5 nitrogen and oxygen atoms in total. The largest absolute Gasteiger partial charge is 0.320 e. The SMILES string of the molecule is CC(C)C(N)C(=O)N/N=C/c1cccc2cccnc12. The van der Waals surface area contributed by atoms with Gasteiger partial charge in [-0.05, 0) is 12.0 Å². The fraction of sp³-hybridized carbons (Fsp3) is 0.267. The number of pyridine rings is 1. The van der Waals surface area contributed by atoms with E-state index in [0.717, 1.165) is 16.5 Å². The molecule has 0 fully saturated rings. The summed E-state index contributed by atoms with van der Waals surface area (Å²) in [7, 11) is 0. The van der Waals surface area contributed by atoms with E-state index in [0.29, 0.717) is 0 Å². The quantitative estimate of drug-likeness (QED) is 0.655. The fourth-order valence-electron chi connectivity index (χ4n) is 1.77. The lowest BCUT2D eigenvalue weighted by molar-refractivity contribution is -0.123. The molecular formula is C15H18N4O. The number of para-hydroxylation sites is 1. The summed E-state index contributed by atoms with van der Waals surface area (Å²) in [6.07, 6.45) is 3.31. The van der Waals surface area contributed by atoms with Crippen LogP contribution < -0.4 is 11.2 Å². The van der Waals surface area contributed by atoms with E-state index in [4.69, 9.17) is 5.73 Å². The third kappa shape index (κ3) is 3.19. The van der Waals surface area contributed by atoms with Gasteiger partial charge >= 0.3 is 0 Å². The van der Waals surface area contributed by atoms with Crippen LogP contribution in [0.4, 0.5) is 0 Å². The Labute approximate surface area is 117 Å². The van der Waals surface area contributed by atoms with Crippen molar-refractivity contribution in [3.05, 3.63) is 42.1 Å². The van der Waals surface area contributed by atoms with E-state index in [1.165, 1.54) is 0 Å². The molecule has 0 aliphatic heterocycles. The lowest BCUT2D eigenvalue weighted by Crippen LogP contribution is -2.42. The molecule has 1 aromatic heterocycles. The Bertz CT molecular complexity index is 631. The lowest BCUT2D eigenvalue weighted by Gasteiger charge is -2.12. The van der Waals surface area contributed by atoms with Crippen LogP contribution in [0.15, 0.2) is 41.6 Å². The van der Waals surface area contributed by atoms with E-state index in [1.807, 2.05) is 44.2 Å². The van der Waals surface area contributed by atoms with Crippen LogP contribution in [0, 0.1) is 5.92 Å². The molecule has 3 N–H and O–H groups in total. The van der Waals surface area contributed by atoms with Crippen LogP contribution in [0.3, 0.4) is 0 Å². The maximum Gasteiger partial charge on any atom is 0.257 e. The van der Waals surface area contributed by atoms with Gasteiger partial charge < -0.3 is 5.73 Å². The molecule has 104 valence electrons. The van der Waals surface area contributed by atoms with E-state index in [-0.39, 0.29) is 11.8 Å². The molecule has 0 bridgehead atoms. The number of rotatable bonds is 4. The van der Waals surface area contributed by atoms with Crippen LogP contribution in [0.25, 0.3) is 10.9 Å². The first-order valence-corrected chi connectivity index (χ1v) is 6.52. The van der Waals surface area contributed by atoms with Crippen molar-refractivity contribution in [1.82, 2.24) is 10.4 Å². The van der Waals surface area contributed by atoms with Crippen molar-refractivity contribution in [3.8, 4) is 0 Å². The molecule has 0 spiro atoms. The standard InChI is InChI=1S/C15H18N4O/c1-10(2)13(16)15(20)19-18-9-12-6-3-5-11-7-4-8-17-14(11)12/h3-10,13H,16H2,1-2H3,(H,19,20)/b18-9+. The number of benzene rings is 1. The van der Waals surface area contributed by atoms with Gasteiger partial charge in [0.05, 0.1) is 17.8 Å². The van der Waals surface area contributed by atoms with Crippen molar-refractivity contribution in [2.24, 2.45) is 16.8 Å². The number of fused-ring (bicyclic) bond motifs is 1. The summed E-state index contributed by atoms with van der Waals surface area (Å²) >= 11 is 0. The van der Waals surface area contributed by atoms with Crippen LogP contribution in [0.2, 0.25) is 0 Å². The van der Waals surface area contributed by atoms with Gasteiger partial charge in [0.2, 0.25) is 0 Å². The van der Waals surface area contributed by atoms with E-state index in [2.05, 4.69) is 15.5 Å². The average molecular weight is 270 g/mol. The zero-order chi connectivity index (χ0) is 14.5. The van der Waals surface area contributed by atoms with Gasteiger partial charge in [0, 0.05) is 17.1 Å². The van der Waals surface area contributed by atoms with Gasteiger partial charge in [-0.1, -0.05) is 38.1 Å². The van der Waals surface area contributed by atoms with E-state index >= 15 is 0 Å². The first-order chi connectivity index (χ1) is 9.59. The molecule has 1 unspecified atom stereocenters. The minimum absolute atomic E-state index is 0.0735. The topological polar surface area (TPSA) is 80.4 Å². The van der Waals surface area contributed by atoms with E-state index < -0.39 is 6.04 Å². The lowest BCUT2D eigenvalue weighted by atomic mass is 10.1. The molecule has 1 aromatic carbocycles. The predicted molar refractivity (Wildman–Crippen MR) is 80.3 cm³/mol. The second-order valence-electron chi connectivity index (χ2n) is 4.93. The highest BCUT2D eigenvalue weighted by Gasteiger charge is 2.16. The number of carbonyl (C=O) groups excluding carboxylic acids is 1. The highest BCUT2D eigenvalue weighted by Crippen LogP contribution is 2.13. The Balaban J connectivity index is 2.13. The smallest absolute Gasteiger partial charge is 0.257 e. The Morgan fingerprint density at radius 3 is 2.85 bits per heavy atom. The molecule has 1 atom stereocenters. The molecule has 2 rings (SSSR count). The molecule has 2 aromatic rings. The molecule has 1 amide bonds. The maximum atomic E-state index is 11.7. The van der Waals surface area contributed by atoms with Crippen molar-refractivity contribution < 1.29 is 4.79 Å². The molecule has 0 saturated heterocycles. The summed E-state index contributed by atoms with van der Waals surface area (Å²) in [4.78, 5) is 16.0. The van der Waals surface area contributed by atoms with Gasteiger partial charge in [0.1, 0.15) is 0 Å². The molecule has 0 saturated carbocycles. The van der Waals surface area contributed by atoms with Gasteiger partial charge in [0.25, 0.3) is 5.91 Å². The molecule has 20 heavy (non-hydrogen) atoms. The van der Waals surface area contributed by atoms with Gasteiger partial charge in [0.15, 0.2) is 0 Å². The van der Waals surface area contributed by atoms with Gasteiger partial charge in [-0.2, -0.15) is 5.10 Å². The number of hydrogen-bond acceptors (Lipinski definition) is 4. The number of aromatic nitrogens is 1. The van der Waals surface area contributed by atoms with Crippen molar-refractivity contribution >= 4 is 23.0 Å². The number of hydrogen-bond donors (Lipinski definition) is 2.